The van der Waals surface area contributed by atoms with Crippen LogP contribution in [0.1, 0.15) is 22.4 Å². The molecule has 174 valence electrons. The van der Waals surface area contributed by atoms with Gasteiger partial charge < -0.3 is 14.6 Å². The van der Waals surface area contributed by atoms with Gasteiger partial charge in [-0.3, -0.25) is 14.9 Å². The smallest absolute Gasteiger partial charge is 0.283 e. The molecule has 0 unspecified atom stereocenters. The van der Waals surface area contributed by atoms with Crippen LogP contribution in [0.4, 0.5) is 5.69 Å². The fourth-order valence-corrected chi connectivity index (χ4v) is 3.75. The van der Waals surface area contributed by atoms with Gasteiger partial charge in [-0.2, -0.15) is 10.4 Å². The van der Waals surface area contributed by atoms with Gasteiger partial charge in [-0.1, -0.05) is 6.07 Å². The van der Waals surface area contributed by atoms with Crippen molar-refractivity contribution in [1.82, 2.24) is 10.4 Å². The van der Waals surface area contributed by atoms with Crippen LogP contribution in [-0.4, -0.2) is 53.2 Å². The van der Waals surface area contributed by atoms with E-state index in [4.69, 9.17) is 14.6 Å². The van der Waals surface area contributed by atoms with Crippen molar-refractivity contribution in [2.45, 2.75) is 18.4 Å². The molecular weight excluding hydrogens is 518 g/mol. The molecule has 13 heteroatoms. The summed E-state index contributed by atoms with van der Waals surface area (Å²) < 4.78 is 11.1. The minimum Gasteiger partial charge on any atom is -0.467 e. The zero-order chi connectivity index (χ0) is 24.4. The highest BCUT2D eigenvalue weighted by Gasteiger charge is 2.18. The largest absolute Gasteiger partial charge is 0.467 e. The van der Waals surface area contributed by atoms with Gasteiger partial charge >= 0.3 is 0 Å². The molecular formula is C20H20BrN5O6S. The van der Waals surface area contributed by atoms with Gasteiger partial charge in [-0.05, 0) is 28.9 Å². The molecule has 0 radical (unpaired) electrons. The minimum atomic E-state index is -0.615. The monoisotopic (exact) mass is 537 g/mol. The van der Waals surface area contributed by atoms with Crippen molar-refractivity contribution in [3.05, 3.63) is 55.2 Å². The maximum Gasteiger partial charge on any atom is 0.283 e. The average Bonchev–Trinajstić information content (AvgIpc) is 2.79. The summed E-state index contributed by atoms with van der Waals surface area (Å²) in [5.41, 5.74) is 3.80. The fraction of sp³-hybridized carbons (Fsp3) is 0.300. The van der Waals surface area contributed by atoms with Gasteiger partial charge in [0.05, 0.1) is 34.9 Å². The molecule has 0 spiro atoms. The quantitative estimate of drug-likeness (QED) is 0.190. The number of nitro benzene ring substituents is 1. The normalized spacial score (nSPS) is 10.8. The lowest BCUT2D eigenvalue weighted by atomic mass is 10.1. The Bertz CT molecular complexity index is 1110. The number of pyridine rings is 1. The molecule has 1 heterocycles. The van der Waals surface area contributed by atoms with Gasteiger partial charge in [0, 0.05) is 34.5 Å². The summed E-state index contributed by atoms with van der Waals surface area (Å²) in [5, 5.41) is 33.4. The number of amides is 1. The first-order chi connectivity index (χ1) is 15.8. The van der Waals surface area contributed by atoms with Crippen LogP contribution in [0.5, 0.6) is 5.88 Å². The van der Waals surface area contributed by atoms with Gasteiger partial charge in [-0.15, -0.1) is 11.8 Å². The predicted octanol–water partition coefficient (Wildman–Crippen LogP) is 2.69. The van der Waals surface area contributed by atoms with Gasteiger partial charge in [0.25, 0.3) is 11.6 Å². The number of nitrogens with zero attached hydrogens (tertiary/aromatic N) is 4. The Labute approximate surface area is 202 Å². The van der Waals surface area contributed by atoms with Crippen LogP contribution < -0.4 is 10.2 Å². The highest BCUT2D eigenvalue weighted by molar-refractivity contribution is 9.10. The molecule has 0 aliphatic heterocycles. The standard InChI is InChI=1S/C20H20BrN5O6S/c1-12-19(21)15(10-31-2)14(8-22)20(24-12)32-11-18(28)25-23-9-13-3-4-17(33-6-5-27)16(7-13)26(29)30/h3-4,7,9,27H,5-6,10-11H2,1-2H3,(H,25,28)/b23-9+. The number of aliphatic hydroxyl groups excluding tert-OH is 1. The van der Waals surface area contributed by atoms with Crippen LogP contribution in [0.2, 0.25) is 0 Å². The number of carbonyl (C=O) groups excluding carboxylic acids is 1. The summed E-state index contributed by atoms with van der Waals surface area (Å²) in [6.45, 7) is 1.32. The van der Waals surface area contributed by atoms with Crippen molar-refractivity contribution in [2.75, 3.05) is 26.1 Å². The first kappa shape index (κ1) is 26.2. The molecule has 1 aromatic carbocycles. The molecule has 0 fully saturated rings. The predicted molar refractivity (Wildman–Crippen MR) is 124 cm³/mol. The van der Waals surface area contributed by atoms with Crippen LogP contribution in [0.15, 0.2) is 32.7 Å². The maximum absolute atomic E-state index is 12.1. The van der Waals surface area contributed by atoms with Gasteiger partial charge in [-0.25, -0.2) is 10.4 Å². The molecule has 0 aliphatic carbocycles. The summed E-state index contributed by atoms with van der Waals surface area (Å²) in [7, 11) is 1.49. The summed E-state index contributed by atoms with van der Waals surface area (Å²) >= 11 is 4.54. The van der Waals surface area contributed by atoms with Gasteiger partial charge in [0.15, 0.2) is 6.61 Å². The Morgan fingerprint density at radius 3 is 2.91 bits per heavy atom. The highest BCUT2D eigenvalue weighted by Crippen LogP contribution is 2.30. The summed E-state index contributed by atoms with van der Waals surface area (Å²) in [6.07, 6.45) is 1.25. The molecule has 11 nitrogen and oxygen atoms in total. The number of thioether (sulfide) groups is 1. The topological polar surface area (TPSA) is 160 Å². The number of hydrogen-bond acceptors (Lipinski definition) is 10. The van der Waals surface area contributed by atoms with Crippen LogP contribution >= 0.6 is 27.7 Å². The number of halogens is 1. The van der Waals surface area contributed by atoms with E-state index in [2.05, 4.69) is 31.4 Å². The third-order valence-corrected chi connectivity index (χ3v) is 6.13. The average molecular weight is 538 g/mol. The number of aliphatic hydroxyl groups is 1. The molecule has 2 N–H and O–H groups in total. The number of benzene rings is 1. The van der Waals surface area contributed by atoms with Crippen molar-refractivity contribution in [3.8, 4) is 11.9 Å². The molecule has 0 aliphatic rings. The van der Waals surface area contributed by atoms with Crippen LogP contribution in [-0.2, 0) is 16.1 Å². The lowest BCUT2D eigenvalue weighted by Gasteiger charge is -2.13. The Morgan fingerprint density at radius 2 is 2.27 bits per heavy atom. The van der Waals surface area contributed by atoms with Gasteiger partial charge in [0.2, 0.25) is 5.88 Å². The van der Waals surface area contributed by atoms with Crippen molar-refractivity contribution in [1.29, 1.82) is 5.26 Å². The van der Waals surface area contributed by atoms with E-state index in [1.807, 2.05) is 6.07 Å². The number of nitro groups is 1. The Kier molecular flexibility index (Phi) is 10.2. The number of aromatic nitrogens is 1. The van der Waals surface area contributed by atoms with E-state index in [0.717, 1.165) is 11.8 Å². The number of nitrogens with one attached hydrogen (secondary N) is 1. The number of rotatable bonds is 11. The van der Waals surface area contributed by atoms with Crippen LogP contribution in [0.3, 0.4) is 0 Å². The number of methoxy groups -OCH3 is 1. The zero-order valence-electron chi connectivity index (χ0n) is 17.7. The number of aryl methyl sites for hydroxylation is 1. The Hall–Kier alpha value is -3.05. The number of hydrazone groups is 1. The molecule has 1 aromatic heterocycles. The molecule has 0 saturated carbocycles. The Morgan fingerprint density at radius 1 is 1.52 bits per heavy atom. The highest BCUT2D eigenvalue weighted by atomic mass is 79.9. The molecule has 33 heavy (non-hydrogen) atoms. The summed E-state index contributed by atoms with van der Waals surface area (Å²) in [4.78, 5) is 27.4. The second kappa shape index (κ2) is 12.9. The minimum absolute atomic E-state index is 0.00373. The molecule has 0 saturated heterocycles. The fourth-order valence-electron chi connectivity index (χ4n) is 2.59. The van der Waals surface area contributed by atoms with Crippen molar-refractivity contribution >= 4 is 45.5 Å². The number of carbonyl (C=O) groups is 1. The lowest BCUT2D eigenvalue weighted by Crippen LogP contribution is -2.25. The first-order valence-electron chi connectivity index (χ1n) is 9.37. The van der Waals surface area contributed by atoms with E-state index in [-0.39, 0.29) is 30.3 Å². The van der Waals surface area contributed by atoms with E-state index < -0.39 is 17.4 Å². The molecule has 2 aromatic rings. The first-order valence-corrected chi connectivity index (χ1v) is 11.1. The van der Waals surface area contributed by atoms with E-state index in [1.165, 1.54) is 19.4 Å². The number of nitriles is 1. The summed E-state index contributed by atoms with van der Waals surface area (Å²) in [6, 6.07) is 6.47. The molecule has 2 rings (SSSR count). The lowest BCUT2D eigenvalue weighted by molar-refractivity contribution is -0.387. The van der Waals surface area contributed by atoms with E-state index in [9.17, 15) is 20.2 Å². The van der Waals surface area contributed by atoms with Crippen molar-refractivity contribution < 1.29 is 24.3 Å². The second-order valence-corrected chi connectivity index (χ2v) is 8.28. The SMILES string of the molecule is COCc1c(Br)c(C)nc(OCC(=O)N/N=C/c2ccc(SCCO)c([N+](=O)[O-])c2)c1C#N. The maximum atomic E-state index is 12.1. The third-order valence-electron chi connectivity index (χ3n) is 4.04. The summed E-state index contributed by atoms with van der Waals surface area (Å²) in [5.74, 6) is -0.288. The third kappa shape index (κ3) is 7.22. The van der Waals surface area contributed by atoms with E-state index in [1.54, 1.807) is 19.1 Å². The van der Waals surface area contributed by atoms with Gasteiger partial charge in [0.1, 0.15) is 11.6 Å². The van der Waals surface area contributed by atoms with Crippen LogP contribution in [0.25, 0.3) is 0 Å². The van der Waals surface area contributed by atoms with Crippen molar-refractivity contribution in [2.24, 2.45) is 5.10 Å². The number of hydrogen-bond donors (Lipinski definition) is 2. The molecule has 0 bridgehead atoms. The molecule has 0 atom stereocenters. The van der Waals surface area contributed by atoms with E-state index >= 15 is 0 Å². The van der Waals surface area contributed by atoms with Crippen LogP contribution in [0, 0.1) is 28.4 Å². The van der Waals surface area contributed by atoms with E-state index in [0.29, 0.717) is 31.9 Å². The molecule has 1 amide bonds. The van der Waals surface area contributed by atoms with Crippen molar-refractivity contribution in [3.63, 3.8) is 0 Å². The second-order valence-electron chi connectivity index (χ2n) is 6.35. The number of ether oxygens (including phenoxy) is 2. The zero-order valence-corrected chi connectivity index (χ0v) is 20.1. The Balaban J connectivity index is 2.05.